The van der Waals surface area contributed by atoms with Crippen LogP contribution in [0.25, 0.3) is 0 Å². The largest absolute Gasteiger partial charge is 0.491 e. The Labute approximate surface area is 153 Å². The normalized spacial score (nSPS) is 17.8. The Hall–Kier alpha value is -2.31. The van der Waals surface area contributed by atoms with Crippen molar-refractivity contribution in [3.63, 3.8) is 0 Å². The lowest BCUT2D eigenvalue weighted by Gasteiger charge is -2.14. The Morgan fingerprint density at radius 1 is 1.27 bits per heavy atom. The third-order valence-corrected chi connectivity index (χ3v) is 4.41. The highest BCUT2D eigenvalue weighted by atomic mass is 16.5. The molecule has 1 aliphatic rings. The smallest absolute Gasteiger partial charge is 0.237 e. The van der Waals surface area contributed by atoms with Crippen molar-refractivity contribution in [1.29, 1.82) is 0 Å². The van der Waals surface area contributed by atoms with Crippen molar-refractivity contribution in [2.45, 2.75) is 45.0 Å². The first-order valence-corrected chi connectivity index (χ1v) is 9.07. The van der Waals surface area contributed by atoms with E-state index in [1.807, 2.05) is 37.3 Å². The Kier molecular flexibility index (Phi) is 6.68. The summed E-state index contributed by atoms with van der Waals surface area (Å²) in [5, 5.41) is 6.07. The molecule has 1 fully saturated rings. The minimum Gasteiger partial charge on any atom is -0.491 e. The number of amides is 1. The highest BCUT2D eigenvalue weighted by Crippen LogP contribution is 2.16. The van der Waals surface area contributed by atoms with E-state index in [0.29, 0.717) is 19.7 Å². The highest BCUT2D eigenvalue weighted by molar-refractivity contribution is 5.81. The maximum absolute atomic E-state index is 12.1. The second-order valence-corrected chi connectivity index (χ2v) is 6.49. The second kappa shape index (κ2) is 9.40. The number of nitrogens with one attached hydrogen (secondary N) is 2. The van der Waals surface area contributed by atoms with Gasteiger partial charge in [-0.3, -0.25) is 4.79 Å². The summed E-state index contributed by atoms with van der Waals surface area (Å²) in [6, 6.07) is 11.3. The quantitative estimate of drug-likeness (QED) is 0.721. The average molecular weight is 358 g/mol. The highest BCUT2D eigenvalue weighted by Gasteiger charge is 2.16. The van der Waals surface area contributed by atoms with Gasteiger partial charge >= 0.3 is 0 Å². The standard InChI is InChI=1S/C20H26N2O4/c1-15(20(23)22-13-18-4-2-10-24-18)21-12-16-6-8-17(9-7-16)26-14-19-5-3-11-25-19/h2,4,6-10,15,19,21H,3,5,11-14H2,1H3,(H,22,23). The zero-order valence-corrected chi connectivity index (χ0v) is 15.1. The van der Waals surface area contributed by atoms with E-state index in [0.717, 1.165) is 36.5 Å². The van der Waals surface area contributed by atoms with E-state index in [-0.39, 0.29) is 18.1 Å². The van der Waals surface area contributed by atoms with Gasteiger partial charge in [0.2, 0.25) is 5.91 Å². The molecule has 2 heterocycles. The van der Waals surface area contributed by atoms with Crippen molar-refractivity contribution < 1.29 is 18.7 Å². The fourth-order valence-electron chi connectivity index (χ4n) is 2.77. The first-order valence-electron chi connectivity index (χ1n) is 9.07. The molecule has 0 bridgehead atoms. The average Bonchev–Trinajstić information content (AvgIpc) is 3.37. The van der Waals surface area contributed by atoms with Gasteiger partial charge < -0.3 is 24.5 Å². The lowest BCUT2D eigenvalue weighted by molar-refractivity contribution is -0.123. The topological polar surface area (TPSA) is 72.7 Å². The number of furan rings is 1. The summed E-state index contributed by atoms with van der Waals surface area (Å²) < 4.78 is 16.5. The van der Waals surface area contributed by atoms with E-state index in [4.69, 9.17) is 13.9 Å². The molecule has 0 aliphatic carbocycles. The Morgan fingerprint density at radius 3 is 2.81 bits per heavy atom. The number of carbonyl (C=O) groups is 1. The minimum absolute atomic E-state index is 0.0575. The molecule has 2 N–H and O–H groups in total. The molecule has 2 unspecified atom stereocenters. The predicted octanol–water partition coefficient (Wildman–Crippen LogP) is 2.63. The van der Waals surface area contributed by atoms with Gasteiger partial charge in [0.25, 0.3) is 0 Å². The van der Waals surface area contributed by atoms with Crippen LogP contribution in [0.1, 0.15) is 31.1 Å². The molecule has 2 aromatic rings. The molecule has 140 valence electrons. The van der Waals surface area contributed by atoms with E-state index in [2.05, 4.69) is 10.6 Å². The van der Waals surface area contributed by atoms with Gasteiger partial charge in [0.15, 0.2) is 0 Å². The van der Waals surface area contributed by atoms with Crippen LogP contribution in [-0.2, 0) is 22.6 Å². The summed E-state index contributed by atoms with van der Waals surface area (Å²) in [6.07, 6.45) is 4.00. The summed E-state index contributed by atoms with van der Waals surface area (Å²) in [5.74, 6) is 1.52. The lowest BCUT2D eigenvalue weighted by Crippen LogP contribution is -2.41. The zero-order valence-electron chi connectivity index (χ0n) is 15.1. The van der Waals surface area contributed by atoms with Crippen molar-refractivity contribution in [3.05, 3.63) is 54.0 Å². The summed E-state index contributed by atoms with van der Waals surface area (Å²) in [7, 11) is 0. The molecule has 1 aromatic carbocycles. The number of benzene rings is 1. The summed E-state index contributed by atoms with van der Waals surface area (Å²) >= 11 is 0. The van der Waals surface area contributed by atoms with Gasteiger partial charge in [-0.1, -0.05) is 12.1 Å². The number of ether oxygens (including phenoxy) is 2. The van der Waals surface area contributed by atoms with Crippen molar-refractivity contribution in [3.8, 4) is 5.75 Å². The van der Waals surface area contributed by atoms with Crippen LogP contribution in [0, 0.1) is 0 Å². The zero-order chi connectivity index (χ0) is 18.2. The van der Waals surface area contributed by atoms with Gasteiger partial charge in [-0.25, -0.2) is 0 Å². The molecule has 0 radical (unpaired) electrons. The molecule has 2 atom stereocenters. The Balaban J connectivity index is 1.37. The first-order chi connectivity index (χ1) is 12.7. The van der Waals surface area contributed by atoms with Crippen LogP contribution < -0.4 is 15.4 Å². The van der Waals surface area contributed by atoms with Crippen LogP contribution in [0.3, 0.4) is 0 Å². The van der Waals surface area contributed by atoms with Crippen molar-refractivity contribution in [2.75, 3.05) is 13.2 Å². The first kappa shape index (κ1) is 18.5. The van der Waals surface area contributed by atoms with Gasteiger partial charge in [0.1, 0.15) is 18.1 Å². The summed E-state index contributed by atoms with van der Waals surface area (Å²) in [5.41, 5.74) is 1.10. The molecular weight excluding hydrogens is 332 g/mol. The van der Waals surface area contributed by atoms with E-state index in [9.17, 15) is 4.79 Å². The van der Waals surface area contributed by atoms with Crippen LogP contribution in [-0.4, -0.2) is 31.3 Å². The minimum atomic E-state index is -0.291. The lowest BCUT2D eigenvalue weighted by atomic mass is 10.2. The third-order valence-electron chi connectivity index (χ3n) is 4.41. The molecule has 0 spiro atoms. The van der Waals surface area contributed by atoms with Crippen molar-refractivity contribution >= 4 is 5.91 Å². The van der Waals surface area contributed by atoms with Gasteiger partial charge in [-0.15, -0.1) is 0 Å². The fourth-order valence-corrected chi connectivity index (χ4v) is 2.77. The number of carbonyl (C=O) groups excluding carboxylic acids is 1. The van der Waals surface area contributed by atoms with Crippen molar-refractivity contribution in [1.82, 2.24) is 10.6 Å². The SMILES string of the molecule is CC(NCc1ccc(OCC2CCCO2)cc1)C(=O)NCc1ccco1. The van der Waals surface area contributed by atoms with E-state index >= 15 is 0 Å². The molecule has 1 aromatic heterocycles. The molecule has 0 saturated carbocycles. The molecule has 6 nitrogen and oxygen atoms in total. The number of hydrogen-bond acceptors (Lipinski definition) is 5. The maximum Gasteiger partial charge on any atom is 0.237 e. The van der Waals surface area contributed by atoms with Gasteiger partial charge in [0.05, 0.1) is 25.0 Å². The fraction of sp³-hybridized carbons (Fsp3) is 0.450. The molecule has 6 heteroatoms. The van der Waals surface area contributed by atoms with Crippen LogP contribution in [0.15, 0.2) is 47.1 Å². The maximum atomic E-state index is 12.1. The number of rotatable bonds is 9. The molecule has 1 saturated heterocycles. The molecule has 3 rings (SSSR count). The van der Waals surface area contributed by atoms with Crippen molar-refractivity contribution in [2.24, 2.45) is 0 Å². The molecular formula is C20H26N2O4. The Bertz CT molecular complexity index is 664. The Morgan fingerprint density at radius 2 is 2.12 bits per heavy atom. The second-order valence-electron chi connectivity index (χ2n) is 6.49. The van der Waals surface area contributed by atoms with Crippen LogP contribution in [0.5, 0.6) is 5.75 Å². The molecule has 26 heavy (non-hydrogen) atoms. The van der Waals surface area contributed by atoms with Crippen LogP contribution >= 0.6 is 0 Å². The summed E-state index contributed by atoms with van der Waals surface area (Å²) in [6.45, 7) is 4.29. The van der Waals surface area contributed by atoms with Gasteiger partial charge in [0, 0.05) is 13.2 Å². The third kappa shape index (κ3) is 5.61. The molecule has 1 amide bonds. The summed E-state index contributed by atoms with van der Waals surface area (Å²) in [4.78, 5) is 12.1. The van der Waals surface area contributed by atoms with E-state index < -0.39 is 0 Å². The van der Waals surface area contributed by atoms with Gasteiger partial charge in [-0.05, 0) is 49.6 Å². The van der Waals surface area contributed by atoms with E-state index in [1.165, 1.54) is 0 Å². The van der Waals surface area contributed by atoms with Crippen LogP contribution in [0.4, 0.5) is 0 Å². The van der Waals surface area contributed by atoms with Gasteiger partial charge in [-0.2, -0.15) is 0 Å². The van der Waals surface area contributed by atoms with Crippen LogP contribution in [0.2, 0.25) is 0 Å². The number of hydrogen-bond donors (Lipinski definition) is 2. The van der Waals surface area contributed by atoms with E-state index in [1.54, 1.807) is 12.3 Å². The predicted molar refractivity (Wildman–Crippen MR) is 97.8 cm³/mol. The molecule has 1 aliphatic heterocycles. The monoisotopic (exact) mass is 358 g/mol.